The average molecular weight is 1660 g/mol. The van der Waals surface area contributed by atoms with Crippen molar-refractivity contribution in [3.8, 4) is 0 Å². The lowest BCUT2D eigenvalue weighted by Crippen LogP contribution is -2.23. The molecule has 33 N–H and O–H groups in total. The van der Waals surface area contributed by atoms with E-state index in [1.54, 1.807) is 7.11 Å². The van der Waals surface area contributed by atoms with Crippen molar-refractivity contribution in [2.24, 2.45) is 68.7 Å². The Bertz CT molecular complexity index is 1100. The summed E-state index contributed by atoms with van der Waals surface area (Å²) >= 11 is 0. The zero-order valence-corrected chi connectivity index (χ0v) is 82.1. The maximum atomic E-state index is 8.73. The number of rotatable bonds is 38. The van der Waals surface area contributed by atoms with Gasteiger partial charge < -0.3 is 133 Å². The molecule has 0 aliphatic carbocycles. The molecule has 0 radical (unpaired) electrons. The minimum absolute atomic E-state index is 0.00463. The molecule has 0 bridgehead atoms. The van der Waals surface area contributed by atoms with Crippen molar-refractivity contribution in [2.75, 3.05) is 140 Å². The van der Waals surface area contributed by atoms with E-state index < -0.39 is 0 Å². The Kier molecular flexibility index (Phi) is 279. The number of aliphatic hydroxyl groups excluding tert-OH is 11. The minimum Gasteiger partial charge on any atom is -0.396 e. The summed E-state index contributed by atoms with van der Waals surface area (Å²) in [7, 11) is 7.85. The van der Waals surface area contributed by atoms with E-state index in [0.29, 0.717) is 51.4 Å². The first kappa shape index (κ1) is 166. The van der Waals surface area contributed by atoms with Crippen LogP contribution in [-0.2, 0) is 9.47 Å². The number of nitrogens with zero attached hydrogens (tertiary/aromatic N) is 1. The normalized spacial score (nSPS) is 11.2. The summed E-state index contributed by atoms with van der Waals surface area (Å²) in [6, 6.07) is -0.00926. The molecule has 0 rings (SSSR count). The fourth-order valence-corrected chi connectivity index (χ4v) is 4.13. The molecule has 0 spiro atoms. The van der Waals surface area contributed by atoms with E-state index in [0.717, 1.165) is 174 Å². The van der Waals surface area contributed by atoms with Gasteiger partial charge in [0.05, 0.1) is 56.7 Å². The molecule has 8 atom stereocenters. The Balaban J connectivity index is -0.0000000415. The summed E-state index contributed by atoms with van der Waals surface area (Å²) in [6.07, 6.45) is 26.1. The van der Waals surface area contributed by atoms with Gasteiger partial charge in [-0.15, -0.1) is 6.58 Å². The molecule has 0 aromatic rings. The van der Waals surface area contributed by atoms with Crippen LogP contribution in [0.5, 0.6) is 0 Å². The molecular weight excluding hydrogens is 1440 g/mol. The minimum atomic E-state index is -0.287. The van der Waals surface area contributed by atoms with Gasteiger partial charge in [0.1, 0.15) is 0 Å². The summed E-state index contributed by atoms with van der Waals surface area (Å²) in [5.74, 6) is 1.05. The molecule has 0 amide bonds. The van der Waals surface area contributed by atoms with Crippen molar-refractivity contribution in [3.05, 3.63) is 12.7 Å². The largest absolute Gasteiger partial charge is 0.396 e. The van der Waals surface area contributed by atoms with Gasteiger partial charge in [-0.1, -0.05) is 237 Å². The zero-order chi connectivity index (χ0) is 94.4. The van der Waals surface area contributed by atoms with Crippen LogP contribution in [0.15, 0.2) is 12.7 Å². The fourth-order valence-electron chi connectivity index (χ4n) is 4.13. The van der Waals surface area contributed by atoms with Crippen molar-refractivity contribution in [1.82, 2.24) is 10.2 Å². The number of hydrogen-bond donors (Lipinski definition) is 23. The molecule has 113 heavy (non-hydrogen) atoms. The predicted molar refractivity (Wildman–Crippen MR) is 508 cm³/mol. The summed E-state index contributed by atoms with van der Waals surface area (Å²) in [4.78, 5) is 2.18. The van der Waals surface area contributed by atoms with Gasteiger partial charge in [-0.2, -0.15) is 0 Å². The molecule has 0 fully saturated rings. The number of nitrogens with one attached hydrogen (secondary N) is 2. The first-order valence-electron chi connectivity index (χ1n) is 43.8. The molecule has 0 aliphatic heterocycles. The Morgan fingerprint density at radius 1 is 0.451 bits per heavy atom. The Hall–Kier alpha value is -1.75. The van der Waals surface area contributed by atoms with Crippen molar-refractivity contribution in [3.63, 3.8) is 0 Å². The van der Waals surface area contributed by atoms with Crippen LogP contribution in [0.1, 0.15) is 354 Å². The smallest absolute Gasteiger partial charge is 0.0873 e. The lowest BCUT2D eigenvalue weighted by molar-refractivity contribution is 0.148. The van der Waals surface area contributed by atoms with E-state index in [-0.39, 0.29) is 80.8 Å². The van der Waals surface area contributed by atoms with Crippen LogP contribution >= 0.6 is 0 Å². The lowest BCUT2D eigenvalue weighted by atomic mass is 10.0. The van der Waals surface area contributed by atoms with Gasteiger partial charge in [0.2, 0.25) is 0 Å². The maximum absolute atomic E-state index is 8.73. The van der Waals surface area contributed by atoms with Gasteiger partial charge in [0.15, 0.2) is 0 Å². The van der Waals surface area contributed by atoms with Crippen LogP contribution < -0.4 is 62.7 Å². The van der Waals surface area contributed by atoms with Crippen LogP contribution in [0.2, 0.25) is 0 Å². The van der Waals surface area contributed by atoms with Crippen LogP contribution in [0.25, 0.3) is 0 Å². The van der Waals surface area contributed by atoms with E-state index >= 15 is 0 Å². The molecule has 0 aromatic carbocycles. The second kappa shape index (κ2) is 190. The quantitative estimate of drug-likeness (QED) is 0.0118. The third-order valence-electron chi connectivity index (χ3n) is 11.6. The lowest BCUT2D eigenvalue weighted by Gasteiger charge is -2.05. The van der Waals surface area contributed by atoms with Gasteiger partial charge >= 0.3 is 0 Å². The van der Waals surface area contributed by atoms with Crippen LogP contribution in [-0.4, -0.2) is 256 Å². The SMILES string of the molecule is C=CCC.CC.CC(=N)N.CC(C)(C)C.CCC(C)C.CCCCCO.CCCCO.CCCN.CCCN(C)C.CCCNC.CCCO.CCCOC.CCCOCC.CCC[C@@H](N)CO.CCC[C@@H](O)CN.CCC[C@H](N)CO.CCC[C@H](O)CN.CC[C@@H](N)CO.CC[C@@H](O)CN.CC[C@H](N)CO.CC[C@H](O)CN. The van der Waals surface area contributed by atoms with Gasteiger partial charge in [-0.25, -0.2) is 0 Å². The third kappa shape index (κ3) is 439. The molecule has 0 aliphatic rings. The highest BCUT2D eigenvalue weighted by molar-refractivity contribution is 5.73. The molecular formula is C87H225N13O13. The molecule has 0 unspecified atom stereocenters. The Morgan fingerprint density at radius 2 is 0.735 bits per heavy atom. The number of allylic oxidation sites excluding steroid dienone is 1. The summed E-state index contributed by atoms with van der Waals surface area (Å²) in [5.41, 5.74) is 51.6. The molecule has 26 nitrogen and oxygen atoms in total. The van der Waals surface area contributed by atoms with E-state index in [4.69, 9.17) is 128 Å². The van der Waals surface area contributed by atoms with E-state index in [1.165, 1.54) is 39.2 Å². The summed E-state index contributed by atoms with van der Waals surface area (Å²) < 4.78 is 9.67. The highest BCUT2D eigenvalue weighted by atomic mass is 16.5. The number of methoxy groups -OCH3 is 1. The van der Waals surface area contributed by atoms with E-state index in [9.17, 15) is 0 Å². The van der Waals surface area contributed by atoms with Crippen molar-refractivity contribution in [2.45, 2.75) is 403 Å². The van der Waals surface area contributed by atoms with Gasteiger partial charge in [-0.3, -0.25) is 5.41 Å². The van der Waals surface area contributed by atoms with Crippen molar-refractivity contribution >= 4 is 5.84 Å². The highest BCUT2D eigenvalue weighted by Crippen LogP contribution is 2.08. The van der Waals surface area contributed by atoms with E-state index in [2.05, 4.69) is 149 Å². The fraction of sp³-hybridized carbons (Fsp3) is 0.966. The molecule has 716 valence electrons. The molecule has 0 aromatic heterocycles. The van der Waals surface area contributed by atoms with Crippen molar-refractivity contribution < 1.29 is 65.6 Å². The van der Waals surface area contributed by atoms with Crippen LogP contribution in [0.3, 0.4) is 0 Å². The molecule has 26 heteroatoms. The molecule has 0 saturated carbocycles. The number of amidine groups is 1. The molecule has 0 saturated heterocycles. The monoisotopic (exact) mass is 1660 g/mol. The second-order valence-corrected chi connectivity index (χ2v) is 27.4. The number of unbranched alkanes of at least 4 members (excludes halogenated alkanes) is 3. The standard InChI is InChI=1S/4C5H13NO.C5H13N.2C5H12O.2C5H12.4C4H11NO.C4H11N.2C4H10O.C4H8.C3H9N.C3H8O.C2H6N2.C2H6/c2*1-2-3-5(6)4-7;2*1-2-3-5(7)4-6;1-4-5-6(2)3;1-3-5-6-4-2;1-2-3-4-5-6;1-5(2,3)4;1-4-5(2)3;2*1-2-4(5)3-6;2*1-2-4(6)3-5;2*1-3-4-5-2;1-2-3-4-5;1-3-4-2;2*1-2-3-4;1-2(3)4;1-2/h4*5,7H,2-4,6H2,1H3;4-5H2,1-3H3;3-5H2,1-2H3;6H,2-5H2,1H3;1-4H3;5H,4H2,1-3H3;4*4,6H,2-3,5H2,1H3;5H,3-4H2,1-2H3;3-4H2,1-2H3;5H,2-4H2,1H3;3H,1,4H2,2H3;2-4H2,1H3;4H,2-3H2,1H3;1H3,(H3,3,4);1-2H3/t4*5-;;;;;;4*4-;;;;;;;;/m1010.....1010......../s1. The number of nitrogens with two attached hydrogens (primary N) is 10. The van der Waals surface area contributed by atoms with Crippen LogP contribution in [0.4, 0.5) is 0 Å². The Morgan fingerprint density at radius 3 is 0.770 bits per heavy atom. The third-order valence-corrected chi connectivity index (χ3v) is 11.6. The first-order chi connectivity index (χ1) is 53.1. The zero-order valence-electron chi connectivity index (χ0n) is 82.1. The highest BCUT2D eigenvalue weighted by Gasteiger charge is 1.98. The second-order valence-electron chi connectivity index (χ2n) is 27.4. The van der Waals surface area contributed by atoms with Gasteiger partial charge in [0, 0.05) is 97.1 Å². The van der Waals surface area contributed by atoms with E-state index in [1.807, 2.05) is 82.4 Å². The number of aliphatic hydroxyl groups is 11. The summed E-state index contributed by atoms with van der Waals surface area (Å²) in [5, 5.41) is 101. The van der Waals surface area contributed by atoms with Gasteiger partial charge in [0.25, 0.3) is 0 Å². The average Bonchev–Trinajstić information content (AvgIpc) is 2.14. The first-order valence-corrected chi connectivity index (χ1v) is 43.8. The number of hydrogen-bond acceptors (Lipinski definition) is 25. The van der Waals surface area contributed by atoms with Crippen molar-refractivity contribution in [1.29, 1.82) is 5.41 Å². The summed E-state index contributed by atoms with van der Waals surface area (Å²) in [6.45, 7) is 69.9. The maximum Gasteiger partial charge on any atom is 0.0873 e. The number of ether oxygens (including phenoxy) is 2. The topological polar surface area (TPSA) is 540 Å². The van der Waals surface area contributed by atoms with Gasteiger partial charge in [-0.05, 0) is 175 Å². The van der Waals surface area contributed by atoms with Crippen LogP contribution in [0, 0.1) is 16.7 Å². The Labute approximate surface area is 708 Å². The predicted octanol–water partition coefficient (Wildman–Crippen LogP) is 12.7. The molecule has 0 heterocycles.